The van der Waals surface area contributed by atoms with Gasteiger partial charge >= 0.3 is 0 Å². The number of carbonyl (C=O) groups excluding carboxylic acids is 1. The maximum atomic E-state index is 10.6. The Kier molecular flexibility index (Phi) is 2.69. The van der Waals surface area contributed by atoms with E-state index in [1.165, 1.54) is 0 Å². The fraction of sp³-hybridized carbons (Fsp3) is 0.222. The van der Waals surface area contributed by atoms with Gasteiger partial charge in [-0.15, -0.1) is 0 Å². The minimum absolute atomic E-state index is 0.631. The predicted octanol–water partition coefficient (Wildman–Crippen LogP) is 1.25. The van der Waals surface area contributed by atoms with Crippen molar-refractivity contribution in [3.8, 4) is 0 Å². The Bertz CT molecular complexity index is 273. The van der Waals surface area contributed by atoms with E-state index in [9.17, 15) is 4.79 Å². The van der Waals surface area contributed by atoms with Gasteiger partial charge in [0.05, 0.1) is 11.4 Å². The molecule has 64 valence electrons. The second-order valence-electron chi connectivity index (χ2n) is 2.45. The van der Waals surface area contributed by atoms with Crippen molar-refractivity contribution >= 4 is 17.8 Å². The minimum atomic E-state index is 0.631. The van der Waals surface area contributed by atoms with E-state index < -0.39 is 0 Å². The summed E-state index contributed by atoms with van der Waals surface area (Å²) in [6, 6.07) is 7.31. The third kappa shape index (κ3) is 1.56. The first kappa shape index (κ1) is 8.59. The van der Waals surface area contributed by atoms with Gasteiger partial charge in [0.25, 0.3) is 0 Å². The Labute approximate surface area is 71.8 Å². The molecule has 0 saturated heterocycles. The molecule has 0 atom stereocenters. The van der Waals surface area contributed by atoms with Crippen LogP contribution < -0.4 is 10.6 Å². The molecule has 1 aromatic carbocycles. The third-order valence-corrected chi connectivity index (χ3v) is 1.71. The number of nitrogen functional groups attached to an aromatic ring is 1. The van der Waals surface area contributed by atoms with Crippen LogP contribution in [0.3, 0.4) is 0 Å². The largest absolute Gasteiger partial charge is 0.397 e. The number of nitrogens with zero attached hydrogens (tertiary/aromatic N) is 1. The first-order valence-corrected chi connectivity index (χ1v) is 3.86. The van der Waals surface area contributed by atoms with Gasteiger partial charge in [0, 0.05) is 6.54 Å². The van der Waals surface area contributed by atoms with Crippen molar-refractivity contribution in [3.05, 3.63) is 24.3 Å². The van der Waals surface area contributed by atoms with Gasteiger partial charge in [0.1, 0.15) is 0 Å². The molecule has 0 bridgehead atoms. The second-order valence-corrected chi connectivity index (χ2v) is 2.45. The maximum Gasteiger partial charge on any atom is 0.214 e. The van der Waals surface area contributed by atoms with E-state index in [2.05, 4.69) is 0 Å². The van der Waals surface area contributed by atoms with Gasteiger partial charge in [0.2, 0.25) is 6.41 Å². The predicted molar refractivity (Wildman–Crippen MR) is 49.9 cm³/mol. The molecule has 0 radical (unpaired) electrons. The van der Waals surface area contributed by atoms with Crippen molar-refractivity contribution in [1.29, 1.82) is 0 Å². The fourth-order valence-corrected chi connectivity index (χ4v) is 1.05. The molecule has 0 aliphatic carbocycles. The van der Waals surface area contributed by atoms with Gasteiger partial charge in [-0.05, 0) is 19.1 Å². The Morgan fingerprint density at radius 2 is 2.17 bits per heavy atom. The van der Waals surface area contributed by atoms with Gasteiger partial charge in [-0.25, -0.2) is 0 Å². The van der Waals surface area contributed by atoms with E-state index in [0.29, 0.717) is 12.2 Å². The standard InChI is InChI=1S/C9H12N2O/c1-2-11(7-12)9-6-4-3-5-8(9)10/h3-7H,2,10H2,1H3. The molecule has 0 aliphatic heterocycles. The highest BCUT2D eigenvalue weighted by atomic mass is 16.1. The van der Waals surface area contributed by atoms with Crippen LogP contribution in [0.2, 0.25) is 0 Å². The molecule has 1 amide bonds. The number of anilines is 2. The fourth-order valence-electron chi connectivity index (χ4n) is 1.05. The monoisotopic (exact) mass is 164 g/mol. The summed E-state index contributed by atoms with van der Waals surface area (Å²) in [6.45, 7) is 2.54. The van der Waals surface area contributed by atoms with Crippen molar-refractivity contribution < 1.29 is 4.79 Å². The molecule has 2 N–H and O–H groups in total. The van der Waals surface area contributed by atoms with E-state index in [0.717, 1.165) is 12.1 Å². The van der Waals surface area contributed by atoms with Crippen LogP contribution in [0.4, 0.5) is 11.4 Å². The summed E-state index contributed by atoms with van der Waals surface area (Å²) in [5, 5.41) is 0. The summed E-state index contributed by atoms with van der Waals surface area (Å²) >= 11 is 0. The van der Waals surface area contributed by atoms with Gasteiger partial charge < -0.3 is 10.6 Å². The summed E-state index contributed by atoms with van der Waals surface area (Å²) in [5.74, 6) is 0. The number of hydrogen-bond acceptors (Lipinski definition) is 2. The molecule has 0 saturated carbocycles. The van der Waals surface area contributed by atoms with Crippen molar-refractivity contribution in [2.45, 2.75) is 6.92 Å². The van der Waals surface area contributed by atoms with Crippen molar-refractivity contribution in [3.63, 3.8) is 0 Å². The molecule has 1 rings (SSSR count). The summed E-state index contributed by atoms with van der Waals surface area (Å²) in [6.07, 6.45) is 0.783. The molecular formula is C9H12N2O. The molecule has 0 aromatic heterocycles. The molecule has 1 aromatic rings. The number of amides is 1. The molecule has 3 nitrogen and oxygen atoms in total. The Morgan fingerprint density at radius 1 is 1.50 bits per heavy atom. The number of nitrogens with two attached hydrogens (primary N) is 1. The molecule has 3 heteroatoms. The van der Waals surface area contributed by atoms with Crippen LogP contribution in [-0.4, -0.2) is 13.0 Å². The first-order valence-electron chi connectivity index (χ1n) is 3.86. The van der Waals surface area contributed by atoms with Gasteiger partial charge in [0.15, 0.2) is 0 Å². The van der Waals surface area contributed by atoms with Crippen molar-refractivity contribution in [2.24, 2.45) is 0 Å². The summed E-state index contributed by atoms with van der Waals surface area (Å²) in [4.78, 5) is 12.1. The van der Waals surface area contributed by atoms with Crippen LogP contribution in [0, 0.1) is 0 Å². The molecule has 0 unspecified atom stereocenters. The zero-order valence-corrected chi connectivity index (χ0v) is 7.03. The third-order valence-electron chi connectivity index (χ3n) is 1.71. The summed E-state index contributed by atoms with van der Waals surface area (Å²) in [7, 11) is 0. The minimum Gasteiger partial charge on any atom is -0.397 e. The Hall–Kier alpha value is -1.51. The van der Waals surface area contributed by atoms with E-state index in [1.807, 2.05) is 25.1 Å². The van der Waals surface area contributed by atoms with E-state index in [1.54, 1.807) is 11.0 Å². The number of rotatable bonds is 3. The van der Waals surface area contributed by atoms with Crippen LogP contribution in [0.1, 0.15) is 6.92 Å². The number of carbonyl (C=O) groups is 1. The van der Waals surface area contributed by atoms with Crippen LogP contribution in [0.25, 0.3) is 0 Å². The van der Waals surface area contributed by atoms with Crippen LogP contribution in [0.5, 0.6) is 0 Å². The van der Waals surface area contributed by atoms with Crippen LogP contribution in [0.15, 0.2) is 24.3 Å². The zero-order chi connectivity index (χ0) is 8.97. The lowest BCUT2D eigenvalue weighted by molar-refractivity contribution is -0.107. The molecule has 0 spiro atoms. The summed E-state index contributed by atoms with van der Waals surface area (Å²) in [5.41, 5.74) is 7.08. The quantitative estimate of drug-likeness (QED) is 0.540. The lowest BCUT2D eigenvalue weighted by Crippen LogP contribution is -2.21. The van der Waals surface area contributed by atoms with Gasteiger partial charge in [-0.2, -0.15) is 0 Å². The lowest BCUT2D eigenvalue weighted by Gasteiger charge is -2.16. The van der Waals surface area contributed by atoms with E-state index >= 15 is 0 Å². The Balaban J connectivity index is 3.00. The molecule has 0 heterocycles. The first-order chi connectivity index (χ1) is 5.79. The zero-order valence-electron chi connectivity index (χ0n) is 7.03. The number of hydrogen-bond donors (Lipinski definition) is 1. The lowest BCUT2D eigenvalue weighted by atomic mass is 10.2. The van der Waals surface area contributed by atoms with E-state index in [-0.39, 0.29) is 0 Å². The van der Waals surface area contributed by atoms with Crippen LogP contribution in [-0.2, 0) is 4.79 Å². The van der Waals surface area contributed by atoms with Crippen molar-refractivity contribution in [1.82, 2.24) is 0 Å². The number of para-hydroxylation sites is 2. The SMILES string of the molecule is CCN(C=O)c1ccccc1N. The highest BCUT2D eigenvalue weighted by molar-refractivity contribution is 5.82. The van der Waals surface area contributed by atoms with E-state index in [4.69, 9.17) is 5.73 Å². The molecule has 0 fully saturated rings. The molecule has 12 heavy (non-hydrogen) atoms. The highest BCUT2D eigenvalue weighted by Crippen LogP contribution is 2.20. The van der Waals surface area contributed by atoms with Crippen molar-refractivity contribution in [2.75, 3.05) is 17.2 Å². The molecule has 0 aliphatic rings. The Morgan fingerprint density at radius 3 is 2.67 bits per heavy atom. The maximum absolute atomic E-state index is 10.6. The van der Waals surface area contributed by atoms with Gasteiger partial charge in [-0.1, -0.05) is 12.1 Å². The average molecular weight is 164 g/mol. The topological polar surface area (TPSA) is 46.3 Å². The van der Waals surface area contributed by atoms with Crippen LogP contribution >= 0.6 is 0 Å². The smallest absolute Gasteiger partial charge is 0.214 e. The average Bonchev–Trinajstić information content (AvgIpc) is 2.10. The summed E-state index contributed by atoms with van der Waals surface area (Å²) < 4.78 is 0. The van der Waals surface area contributed by atoms with Gasteiger partial charge in [-0.3, -0.25) is 4.79 Å². The highest BCUT2D eigenvalue weighted by Gasteiger charge is 2.04. The number of benzene rings is 1. The molecular weight excluding hydrogens is 152 g/mol. The normalized spacial score (nSPS) is 9.42. The second kappa shape index (κ2) is 3.76.